The number of fused-ring (bicyclic) bond motifs is 1. The number of hydrogen-bond acceptors (Lipinski definition) is 16. The van der Waals surface area contributed by atoms with Crippen molar-refractivity contribution in [3.05, 3.63) is 194 Å². The number of para-hydroxylation sites is 2. The number of nitro benzene ring substituents is 2. The summed E-state index contributed by atoms with van der Waals surface area (Å²) in [5.41, 5.74) is -2.89. The topological polar surface area (TPSA) is 290 Å². The van der Waals surface area contributed by atoms with Crippen molar-refractivity contribution in [2.75, 3.05) is 25.6 Å². The van der Waals surface area contributed by atoms with Crippen molar-refractivity contribution >= 4 is 40.2 Å². The highest BCUT2D eigenvalue weighted by molar-refractivity contribution is 5.91. The molecule has 4 aromatic carbocycles. The number of hydrogen-bond donors (Lipinski definition) is 2. The van der Waals surface area contributed by atoms with Crippen molar-refractivity contribution in [3.8, 4) is 28.6 Å². The van der Waals surface area contributed by atoms with Crippen molar-refractivity contribution in [1.29, 1.82) is 0 Å². The van der Waals surface area contributed by atoms with Crippen LogP contribution in [0.15, 0.2) is 145 Å². The van der Waals surface area contributed by atoms with Crippen LogP contribution >= 0.6 is 0 Å². The van der Waals surface area contributed by atoms with Gasteiger partial charge in [-0.2, -0.15) is 0 Å². The summed E-state index contributed by atoms with van der Waals surface area (Å²) in [7, 11) is 2.95. The summed E-state index contributed by atoms with van der Waals surface area (Å²) in [6, 6.07) is 32.5. The van der Waals surface area contributed by atoms with Crippen molar-refractivity contribution in [3.63, 3.8) is 0 Å². The molecule has 23 nitrogen and oxygen atoms in total. The number of non-ortho nitro benzene ring substituents is 2. The van der Waals surface area contributed by atoms with E-state index in [-0.39, 0.29) is 72.8 Å². The largest absolute Gasteiger partial charge is 0.507 e. The summed E-state index contributed by atoms with van der Waals surface area (Å²) in [6.07, 6.45) is 2.58. The van der Waals surface area contributed by atoms with Crippen molar-refractivity contribution < 1.29 is 38.8 Å². The third kappa shape index (κ3) is 13.5. The Morgan fingerprint density at radius 2 is 1.11 bits per heavy atom. The van der Waals surface area contributed by atoms with Gasteiger partial charge in [0.05, 0.1) is 34.4 Å². The van der Waals surface area contributed by atoms with E-state index in [0.717, 1.165) is 44.1 Å². The van der Waals surface area contributed by atoms with E-state index in [1.807, 2.05) is 60.7 Å². The minimum Gasteiger partial charge on any atom is -0.507 e. The molecule has 3 heterocycles. The Balaban J connectivity index is 0.000000193. The SMILES string of the molecule is C.CCOC(=O)CC(=O)OCC.CNc1cc(=O)n(C2CC2)c(=O)n1-c1cccc([N+](=O)[O-])c1.Cn1c(=O)cc(O)c2c(=O)n(C3CC3)c(=O)n(-c3cccc([N+](=O)[O-])c3)c21.c1ccc(Oc2ccccc2)cc1. The summed E-state index contributed by atoms with van der Waals surface area (Å²) in [5, 5.41) is 34.9. The number of nitrogens with zero attached hydrogens (tertiary/aromatic N) is 7. The number of ether oxygens (including phenoxy) is 3. The second kappa shape index (κ2) is 25.1. The quantitative estimate of drug-likeness (QED) is 0.0525. The van der Waals surface area contributed by atoms with Crippen LogP contribution in [0.2, 0.25) is 0 Å². The molecule has 0 aliphatic heterocycles. The van der Waals surface area contributed by atoms with Gasteiger partial charge in [0.1, 0.15) is 40.5 Å². The molecule has 2 fully saturated rings. The van der Waals surface area contributed by atoms with Crippen LogP contribution in [0.4, 0.5) is 17.2 Å². The molecule has 0 bridgehead atoms. The zero-order valence-corrected chi connectivity index (χ0v) is 39.9. The molecule has 7 aromatic rings. The Morgan fingerprint density at radius 1 is 0.649 bits per heavy atom. The maximum Gasteiger partial charge on any atom is 0.337 e. The fourth-order valence-corrected chi connectivity index (χ4v) is 7.24. The van der Waals surface area contributed by atoms with Crippen molar-refractivity contribution in [2.24, 2.45) is 7.05 Å². The maximum absolute atomic E-state index is 13.1. The summed E-state index contributed by atoms with van der Waals surface area (Å²) in [6.45, 7) is 3.95. The fraction of sp³-hybridized carbons (Fsp3) is 0.275. The first-order valence-corrected chi connectivity index (χ1v) is 22.7. The van der Waals surface area contributed by atoms with E-state index in [9.17, 15) is 58.9 Å². The molecule has 2 aliphatic rings. The molecule has 74 heavy (non-hydrogen) atoms. The number of aromatic nitrogens is 5. The van der Waals surface area contributed by atoms with E-state index in [2.05, 4.69) is 14.8 Å². The van der Waals surface area contributed by atoms with Crippen molar-refractivity contribution in [2.45, 2.75) is 65.5 Å². The number of pyridine rings is 1. The average Bonchev–Trinajstić information content (AvgIpc) is 4.32. The number of benzene rings is 4. The molecule has 0 saturated heterocycles. The second-order valence-corrected chi connectivity index (χ2v) is 16.1. The Hall–Kier alpha value is -9.41. The number of carbonyl (C=O) groups excluding carboxylic acids is 2. The number of nitro groups is 2. The fourth-order valence-electron chi connectivity index (χ4n) is 7.24. The third-order valence-electron chi connectivity index (χ3n) is 10.9. The molecule has 0 atom stereocenters. The summed E-state index contributed by atoms with van der Waals surface area (Å²) < 4.78 is 20.3. The van der Waals surface area contributed by atoms with Gasteiger partial charge in [-0.3, -0.25) is 57.9 Å². The normalized spacial score (nSPS) is 12.2. The van der Waals surface area contributed by atoms with Crippen LogP contribution in [-0.4, -0.2) is 70.0 Å². The Morgan fingerprint density at radius 3 is 1.55 bits per heavy atom. The number of aryl methyl sites for hydroxylation is 1. The van der Waals surface area contributed by atoms with Crippen LogP contribution < -0.4 is 38.1 Å². The van der Waals surface area contributed by atoms with Gasteiger partial charge in [-0.25, -0.2) is 18.7 Å². The van der Waals surface area contributed by atoms with Gasteiger partial charge in [-0.15, -0.1) is 0 Å². The number of rotatable bonds is 13. The first-order valence-electron chi connectivity index (χ1n) is 22.7. The number of nitrogens with one attached hydrogen (secondary N) is 1. The summed E-state index contributed by atoms with van der Waals surface area (Å²) in [5.74, 6) is 0.429. The van der Waals surface area contributed by atoms with Gasteiger partial charge in [0, 0.05) is 62.6 Å². The molecule has 2 N–H and O–H groups in total. The molecule has 0 unspecified atom stereocenters. The zero-order chi connectivity index (χ0) is 52.9. The molecule has 0 spiro atoms. The van der Waals surface area contributed by atoms with Crippen LogP contribution in [0.5, 0.6) is 17.2 Å². The van der Waals surface area contributed by atoms with E-state index < -0.39 is 50.0 Å². The highest BCUT2D eigenvalue weighted by atomic mass is 16.6. The smallest absolute Gasteiger partial charge is 0.337 e. The molecule has 2 saturated carbocycles. The third-order valence-corrected chi connectivity index (χ3v) is 10.9. The molecule has 9 rings (SSSR count). The van der Waals surface area contributed by atoms with Crippen molar-refractivity contribution in [1.82, 2.24) is 22.8 Å². The number of esters is 2. The first kappa shape index (κ1) is 55.5. The van der Waals surface area contributed by atoms with E-state index >= 15 is 0 Å². The lowest BCUT2D eigenvalue weighted by molar-refractivity contribution is -0.385. The molecule has 0 radical (unpaired) electrons. The van der Waals surface area contributed by atoms with Gasteiger partial charge in [0.25, 0.3) is 28.1 Å². The molecule has 2 aliphatic carbocycles. The maximum atomic E-state index is 13.1. The van der Waals surface area contributed by atoms with Crippen LogP contribution in [-0.2, 0) is 26.1 Å². The van der Waals surface area contributed by atoms with Crippen LogP contribution in [0.25, 0.3) is 22.4 Å². The predicted molar refractivity (Wildman–Crippen MR) is 274 cm³/mol. The van der Waals surface area contributed by atoms with Crippen LogP contribution in [0, 0.1) is 20.2 Å². The van der Waals surface area contributed by atoms with E-state index in [0.29, 0.717) is 24.3 Å². The lowest BCUT2D eigenvalue weighted by Crippen LogP contribution is -2.41. The van der Waals surface area contributed by atoms with Gasteiger partial charge >= 0.3 is 23.3 Å². The molecular formula is C51H54N8O15. The number of carbonyl (C=O) groups is 2. The van der Waals surface area contributed by atoms with E-state index in [4.69, 9.17) is 4.74 Å². The van der Waals surface area contributed by atoms with Crippen LogP contribution in [0.1, 0.15) is 65.5 Å². The minimum atomic E-state index is -0.712. The lowest BCUT2D eigenvalue weighted by atomic mass is 10.2. The lowest BCUT2D eigenvalue weighted by Gasteiger charge is -2.16. The highest BCUT2D eigenvalue weighted by Crippen LogP contribution is 2.34. The first-order chi connectivity index (χ1) is 35.0. The van der Waals surface area contributed by atoms with Gasteiger partial charge < -0.3 is 24.6 Å². The molecule has 23 heteroatoms. The monoisotopic (exact) mass is 1020 g/mol. The van der Waals surface area contributed by atoms with E-state index in [1.165, 1.54) is 64.7 Å². The Labute approximate surface area is 421 Å². The van der Waals surface area contributed by atoms with Crippen LogP contribution in [0.3, 0.4) is 0 Å². The molecule has 0 amide bonds. The summed E-state index contributed by atoms with van der Waals surface area (Å²) >= 11 is 0. The Kier molecular flexibility index (Phi) is 18.8. The van der Waals surface area contributed by atoms with Gasteiger partial charge in [-0.1, -0.05) is 56.0 Å². The van der Waals surface area contributed by atoms with Gasteiger partial charge in [-0.05, 0) is 75.9 Å². The van der Waals surface area contributed by atoms with Gasteiger partial charge in [0.15, 0.2) is 0 Å². The Bertz CT molecular complexity index is 3410. The summed E-state index contributed by atoms with van der Waals surface area (Å²) in [4.78, 5) is 105. The zero-order valence-electron chi connectivity index (χ0n) is 39.9. The second-order valence-electron chi connectivity index (χ2n) is 16.1. The average molecular weight is 1020 g/mol. The molecular weight excluding hydrogens is 965 g/mol. The number of anilines is 1. The van der Waals surface area contributed by atoms with Gasteiger partial charge in [0.2, 0.25) is 0 Å². The standard InChI is InChI=1S/C17H14N4O6.C14H14N4O4.C12H10O.C7H12O4.CH4/c1-18-13(23)8-12(22)14-15(18)19(10-3-2-4-11(7-10)21(26)27)17(25)20(16(14)24)9-5-6-9;1-15-12-8-13(19)17(9-5-6-9)14(20)16(12)10-3-2-4-11(7-10)18(21)22;1-3-7-11(8-4-1)13-12-9-5-2-6-10-12;1-3-10-6(8)5-7(9)11-4-2;/h2-4,7-9,22H,5-6H2,1H3;2-4,7-9,15H,5-6H2,1H3;1-10H;3-5H2,1-2H3;1H4. The number of aromatic hydroxyl groups is 1. The van der Waals surface area contributed by atoms with E-state index in [1.54, 1.807) is 27.0 Å². The predicted octanol–water partition coefficient (Wildman–Crippen LogP) is 6.70. The molecule has 3 aromatic heterocycles. The highest BCUT2D eigenvalue weighted by Gasteiger charge is 2.31. The minimum absolute atomic E-state index is 0. The molecule has 388 valence electrons.